The van der Waals surface area contributed by atoms with Crippen molar-refractivity contribution in [2.24, 2.45) is 5.92 Å². The zero-order chi connectivity index (χ0) is 15.2. The summed E-state index contributed by atoms with van der Waals surface area (Å²) in [5.74, 6) is 0.267. The Bertz CT molecular complexity index is 305. The maximum Gasteiger partial charge on any atom is 0.327 e. The van der Waals surface area contributed by atoms with E-state index in [1.807, 2.05) is 14.0 Å². The smallest absolute Gasteiger partial charge is 0.327 e. The lowest BCUT2D eigenvalue weighted by atomic mass is 9.92. The second-order valence-corrected chi connectivity index (χ2v) is 5.77. The molecule has 0 bridgehead atoms. The van der Waals surface area contributed by atoms with Gasteiger partial charge < -0.3 is 14.8 Å². The van der Waals surface area contributed by atoms with Crippen molar-refractivity contribution >= 4 is 5.97 Å². The number of carbonyl (C=O) groups excluding carboxylic acids is 1. The highest BCUT2D eigenvalue weighted by Gasteiger charge is 2.52. The van der Waals surface area contributed by atoms with Crippen molar-refractivity contribution in [2.75, 3.05) is 40.5 Å². The molecule has 5 nitrogen and oxygen atoms in total. The highest BCUT2D eigenvalue weighted by molar-refractivity contribution is 5.82. The summed E-state index contributed by atoms with van der Waals surface area (Å²) in [6.07, 6.45) is 2.19. The van der Waals surface area contributed by atoms with Crippen LogP contribution in [0.5, 0.6) is 0 Å². The first-order valence-electron chi connectivity index (χ1n) is 7.61. The molecular formula is C15H30N2O3. The van der Waals surface area contributed by atoms with Crippen molar-refractivity contribution in [1.29, 1.82) is 0 Å². The van der Waals surface area contributed by atoms with Crippen LogP contribution in [0, 0.1) is 5.92 Å². The van der Waals surface area contributed by atoms with Crippen molar-refractivity contribution < 1.29 is 14.3 Å². The van der Waals surface area contributed by atoms with E-state index in [1.54, 1.807) is 7.11 Å². The fraction of sp³-hybridized carbons (Fsp3) is 0.933. The van der Waals surface area contributed by atoms with E-state index >= 15 is 0 Å². The Balaban J connectivity index is 2.83. The van der Waals surface area contributed by atoms with Gasteiger partial charge in [0.2, 0.25) is 0 Å². The third-order valence-corrected chi connectivity index (χ3v) is 4.13. The maximum absolute atomic E-state index is 12.5. The molecule has 0 aromatic rings. The highest BCUT2D eigenvalue weighted by atomic mass is 16.5. The van der Waals surface area contributed by atoms with E-state index in [0.717, 1.165) is 19.4 Å². The molecule has 0 aromatic carbocycles. The number of nitrogens with zero attached hydrogens (tertiary/aromatic N) is 1. The quantitative estimate of drug-likeness (QED) is 0.613. The molecule has 118 valence electrons. The predicted molar refractivity (Wildman–Crippen MR) is 79.7 cm³/mol. The van der Waals surface area contributed by atoms with E-state index in [-0.39, 0.29) is 5.97 Å². The van der Waals surface area contributed by atoms with Gasteiger partial charge in [0, 0.05) is 26.2 Å². The van der Waals surface area contributed by atoms with Gasteiger partial charge in [-0.05, 0) is 46.6 Å². The topological polar surface area (TPSA) is 50.8 Å². The molecule has 0 aliphatic heterocycles. The van der Waals surface area contributed by atoms with E-state index in [0.29, 0.717) is 31.7 Å². The largest absolute Gasteiger partial charge is 0.465 e. The molecule has 1 fully saturated rings. The van der Waals surface area contributed by atoms with Gasteiger partial charge in [0.1, 0.15) is 5.54 Å². The molecule has 1 aliphatic rings. The van der Waals surface area contributed by atoms with Gasteiger partial charge in [-0.25, -0.2) is 4.79 Å². The van der Waals surface area contributed by atoms with Crippen LogP contribution in [-0.4, -0.2) is 62.9 Å². The van der Waals surface area contributed by atoms with Crippen molar-refractivity contribution in [3.8, 4) is 0 Å². The number of methoxy groups -OCH3 is 1. The highest BCUT2D eigenvalue weighted by Crippen LogP contribution is 2.41. The van der Waals surface area contributed by atoms with Gasteiger partial charge in [0.15, 0.2) is 0 Å². The van der Waals surface area contributed by atoms with Gasteiger partial charge in [-0.15, -0.1) is 0 Å². The van der Waals surface area contributed by atoms with Gasteiger partial charge in [-0.2, -0.15) is 0 Å². The Hall–Kier alpha value is -0.650. The lowest BCUT2D eigenvalue weighted by molar-refractivity contribution is -0.153. The van der Waals surface area contributed by atoms with Gasteiger partial charge in [-0.1, -0.05) is 0 Å². The van der Waals surface area contributed by atoms with Crippen LogP contribution in [-0.2, 0) is 14.3 Å². The van der Waals surface area contributed by atoms with Crippen molar-refractivity contribution in [1.82, 2.24) is 10.2 Å². The van der Waals surface area contributed by atoms with Crippen LogP contribution in [0.25, 0.3) is 0 Å². The standard InChI is InChI=1S/C15H30N2O3/c1-6-20-14(18)15(16-4,13-7-8-13)11-17(12(2)3)9-10-19-5/h12-13,16H,6-11H2,1-5H3. The fourth-order valence-corrected chi connectivity index (χ4v) is 2.63. The number of esters is 1. The minimum absolute atomic E-state index is 0.118. The van der Waals surface area contributed by atoms with Gasteiger partial charge >= 0.3 is 5.97 Å². The van der Waals surface area contributed by atoms with Crippen LogP contribution in [0.1, 0.15) is 33.6 Å². The Morgan fingerprint density at radius 2 is 2.10 bits per heavy atom. The van der Waals surface area contributed by atoms with E-state index < -0.39 is 5.54 Å². The lowest BCUT2D eigenvalue weighted by Gasteiger charge is -2.38. The second kappa shape index (κ2) is 7.96. The molecule has 1 atom stereocenters. The normalized spacial score (nSPS) is 18.4. The number of hydrogen-bond acceptors (Lipinski definition) is 5. The van der Waals surface area contributed by atoms with Crippen LogP contribution >= 0.6 is 0 Å². The Morgan fingerprint density at radius 3 is 2.50 bits per heavy atom. The molecule has 0 heterocycles. The van der Waals surface area contributed by atoms with Gasteiger partial charge in [-0.3, -0.25) is 4.90 Å². The van der Waals surface area contributed by atoms with Crippen LogP contribution in [0.15, 0.2) is 0 Å². The number of carbonyl (C=O) groups is 1. The third-order valence-electron chi connectivity index (χ3n) is 4.13. The van der Waals surface area contributed by atoms with E-state index in [2.05, 4.69) is 24.1 Å². The summed E-state index contributed by atoms with van der Waals surface area (Å²) >= 11 is 0. The van der Waals surface area contributed by atoms with E-state index in [9.17, 15) is 4.79 Å². The molecule has 0 amide bonds. The van der Waals surface area contributed by atoms with Crippen molar-refractivity contribution in [3.63, 3.8) is 0 Å². The Kier molecular flexibility index (Phi) is 6.92. The molecule has 0 radical (unpaired) electrons. The van der Waals surface area contributed by atoms with Gasteiger partial charge in [0.25, 0.3) is 0 Å². The molecule has 1 N–H and O–H groups in total. The molecule has 5 heteroatoms. The summed E-state index contributed by atoms with van der Waals surface area (Å²) in [6.45, 7) is 8.75. The second-order valence-electron chi connectivity index (χ2n) is 5.77. The summed E-state index contributed by atoms with van der Waals surface area (Å²) in [5.41, 5.74) is -0.575. The number of ether oxygens (including phenoxy) is 2. The molecule has 0 spiro atoms. The van der Waals surface area contributed by atoms with Crippen molar-refractivity contribution in [2.45, 2.75) is 45.2 Å². The summed E-state index contributed by atoms with van der Waals surface area (Å²) in [5, 5.41) is 3.27. The zero-order valence-electron chi connectivity index (χ0n) is 13.6. The number of rotatable bonds is 10. The molecular weight excluding hydrogens is 256 g/mol. The molecule has 1 rings (SSSR count). The first kappa shape index (κ1) is 17.4. The molecule has 1 unspecified atom stereocenters. The predicted octanol–water partition coefficient (Wildman–Crippen LogP) is 1.27. The lowest BCUT2D eigenvalue weighted by Crippen LogP contribution is -2.61. The summed E-state index contributed by atoms with van der Waals surface area (Å²) in [6, 6.07) is 0.367. The SMILES string of the molecule is CCOC(=O)C(CN(CCOC)C(C)C)(NC)C1CC1. The first-order valence-corrected chi connectivity index (χ1v) is 7.61. The Morgan fingerprint density at radius 1 is 1.45 bits per heavy atom. The number of likely N-dealkylation sites (N-methyl/N-ethyl adjacent to an activating group) is 1. The van der Waals surface area contributed by atoms with Gasteiger partial charge in [0.05, 0.1) is 13.2 Å². The molecule has 1 aliphatic carbocycles. The summed E-state index contributed by atoms with van der Waals surface area (Å²) in [7, 11) is 3.57. The average molecular weight is 286 g/mol. The monoisotopic (exact) mass is 286 g/mol. The third kappa shape index (κ3) is 4.17. The summed E-state index contributed by atoms with van der Waals surface area (Å²) in [4.78, 5) is 14.8. The average Bonchev–Trinajstić information content (AvgIpc) is 3.24. The first-order chi connectivity index (χ1) is 9.51. The van der Waals surface area contributed by atoms with Crippen LogP contribution < -0.4 is 5.32 Å². The molecule has 20 heavy (non-hydrogen) atoms. The maximum atomic E-state index is 12.5. The summed E-state index contributed by atoms with van der Waals surface area (Å²) < 4.78 is 10.5. The number of nitrogens with one attached hydrogen (secondary N) is 1. The molecule has 1 saturated carbocycles. The van der Waals surface area contributed by atoms with Crippen molar-refractivity contribution in [3.05, 3.63) is 0 Å². The molecule has 0 saturated heterocycles. The van der Waals surface area contributed by atoms with Crippen LogP contribution in [0.4, 0.5) is 0 Å². The fourth-order valence-electron chi connectivity index (χ4n) is 2.63. The molecule has 0 aromatic heterocycles. The van der Waals surface area contributed by atoms with E-state index in [1.165, 1.54) is 0 Å². The minimum Gasteiger partial charge on any atom is -0.465 e. The zero-order valence-corrected chi connectivity index (χ0v) is 13.6. The van der Waals surface area contributed by atoms with Crippen LogP contribution in [0.3, 0.4) is 0 Å². The van der Waals surface area contributed by atoms with Crippen LogP contribution in [0.2, 0.25) is 0 Å². The Labute approximate surface area is 123 Å². The minimum atomic E-state index is -0.575. The number of hydrogen-bond donors (Lipinski definition) is 1. The van der Waals surface area contributed by atoms with E-state index in [4.69, 9.17) is 9.47 Å².